The zero-order valence-corrected chi connectivity index (χ0v) is 12.1. The standard InChI is InChI=1S/C14H10ClFN4O2/c1-22-7-2-3-11-8(4-7)9(12(17)21)6-20(11)13-10(16)5-18-14(15)19-13/h2-6H,1H3,(H2,17,21). The Bertz CT molecular complexity index is 894. The summed E-state index contributed by atoms with van der Waals surface area (Å²) in [6.45, 7) is 0. The Morgan fingerprint density at radius 2 is 2.23 bits per heavy atom. The fourth-order valence-corrected chi connectivity index (χ4v) is 2.34. The average Bonchev–Trinajstić information content (AvgIpc) is 2.88. The second-order valence-electron chi connectivity index (χ2n) is 4.47. The lowest BCUT2D eigenvalue weighted by atomic mass is 10.1. The van der Waals surface area contributed by atoms with Crippen LogP contribution in [0.1, 0.15) is 10.4 Å². The maximum absolute atomic E-state index is 14.0. The maximum Gasteiger partial charge on any atom is 0.250 e. The van der Waals surface area contributed by atoms with Crippen molar-refractivity contribution in [2.75, 3.05) is 7.11 Å². The SMILES string of the molecule is COc1ccc2c(c1)c(C(N)=O)cn2-c1nc(Cl)ncc1F. The smallest absolute Gasteiger partial charge is 0.250 e. The first-order chi connectivity index (χ1) is 10.5. The molecule has 8 heteroatoms. The van der Waals surface area contributed by atoms with Gasteiger partial charge in [-0.25, -0.2) is 9.37 Å². The molecule has 0 saturated heterocycles. The van der Waals surface area contributed by atoms with Gasteiger partial charge in [-0.3, -0.25) is 9.36 Å². The van der Waals surface area contributed by atoms with E-state index in [2.05, 4.69) is 9.97 Å². The van der Waals surface area contributed by atoms with Gasteiger partial charge >= 0.3 is 0 Å². The number of amides is 1. The number of hydrogen-bond donors (Lipinski definition) is 1. The second kappa shape index (κ2) is 5.27. The number of rotatable bonds is 3. The molecule has 22 heavy (non-hydrogen) atoms. The molecule has 0 atom stereocenters. The zero-order valence-electron chi connectivity index (χ0n) is 11.4. The molecule has 0 aliphatic carbocycles. The van der Waals surface area contributed by atoms with Gasteiger partial charge in [0.1, 0.15) is 5.75 Å². The Labute approximate surface area is 129 Å². The Balaban J connectivity index is 2.35. The van der Waals surface area contributed by atoms with E-state index < -0.39 is 11.7 Å². The normalized spacial score (nSPS) is 10.9. The van der Waals surface area contributed by atoms with Crippen LogP contribution in [0.15, 0.2) is 30.6 Å². The molecule has 0 spiro atoms. The summed E-state index contributed by atoms with van der Waals surface area (Å²) >= 11 is 5.72. The van der Waals surface area contributed by atoms with Gasteiger partial charge in [0.2, 0.25) is 5.28 Å². The highest BCUT2D eigenvalue weighted by Gasteiger charge is 2.18. The zero-order chi connectivity index (χ0) is 15.9. The number of nitrogens with zero attached hydrogens (tertiary/aromatic N) is 3. The van der Waals surface area contributed by atoms with Crippen molar-refractivity contribution >= 4 is 28.4 Å². The molecule has 0 aliphatic heterocycles. The van der Waals surface area contributed by atoms with Crippen LogP contribution >= 0.6 is 11.6 Å². The number of carbonyl (C=O) groups excluding carboxylic acids is 1. The summed E-state index contributed by atoms with van der Waals surface area (Å²) < 4.78 is 20.5. The lowest BCUT2D eigenvalue weighted by molar-refractivity contribution is 0.100. The molecule has 0 aliphatic rings. The molecule has 112 valence electrons. The van der Waals surface area contributed by atoms with Crippen LogP contribution < -0.4 is 10.5 Å². The first-order valence-corrected chi connectivity index (χ1v) is 6.56. The number of methoxy groups -OCH3 is 1. The maximum atomic E-state index is 14.0. The minimum absolute atomic E-state index is 0.0670. The van der Waals surface area contributed by atoms with E-state index >= 15 is 0 Å². The van der Waals surface area contributed by atoms with Gasteiger partial charge in [0.05, 0.1) is 24.4 Å². The van der Waals surface area contributed by atoms with Crippen molar-refractivity contribution in [3.8, 4) is 11.6 Å². The quantitative estimate of drug-likeness (QED) is 0.751. The second-order valence-corrected chi connectivity index (χ2v) is 4.81. The summed E-state index contributed by atoms with van der Waals surface area (Å²) in [6.07, 6.45) is 2.37. The topological polar surface area (TPSA) is 83.0 Å². The van der Waals surface area contributed by atoms with E-state index in [0.717, 1.165) is 6.20 Å². The summed E-state index contributed by atoms with van der Waals surface area (Å²) in [6, 6.07) is 5.01. The molecule has 0 bridgehead atoms. The van der Waals surface area contributed by atoms with E-state index in [9.17, 15) is 9.18 Å². The van der Waals surface area contributed by atoms with Crippen molar-refractivity contribution in [1.29, 1.82) is 0 Å². The highest BCUT2D eigenvalue weighted by Crippen LogP contribution is 2.28. The molecule has 2 N–H and O–H groups in total. The van der Waals surface area contributed by atoms with E-state index in [4.69, 9.17) is 22.1 Å². The lowest BCUT2D eigenvalue weighted by Crippen LogP contribution is -2.10. The third-order valence-electron chi connectivity index (χ3n) is 3.20. The minimum atomic E-state index is -0.673. The Morgan fingerprint density at radius 3 is 2.91 bits per heavy atom. The van der Waals surface area contributed by atoms with Gasteiger partial charge in [0.25, 0.3) is 5.91 Å². The van der Waals surface area contributed by atoms with Crippen LogP contribution in [0, 0.1) is 5.82 Å². The molecule has 0 unspecified atom stereocenters. The molecule has 2 aromatic heterocycles. The van der Waals surface area contributed by atoms with Gasteiger partial charge in [-0.2, -0.15) is 4.98 Å². The molecule has 1 aromatic carbocycles. The van der Waals surface area contributed by atoms with Gasteiger partial charge < -0.3 is 10.5 Å². The lowest BCUT2D eigenvalue weighted by Gasteiger charge is -2.06. The highest BCUT2D eigenvalue weighted by atomic mass is 35.5. The number of benzene rings is 1. The number of halogens is 2. The number of fused-ring (bicyclic) bond motifs is 1. The van der Waals surface area contributed by atoms with Crippen LogP contribution in [0.25, 0.3) is 16.7 Å². The number of aromatic nitrogens is 3. The highest BCUT2D eigenvalue weighted by molar-refractivity contribution is 6.28. The van der Waals surface area contributed by atoms with Gasteiger partial charge in [0.15, 0.2) is 11.6 Å². The number of hydrogen-bond acceptors (Lipinski definition) is 4. The van der Waals surface area contributed by atoms with Crippen LogP contribution in [0.5, 0.6) is 5.75 Å². The molecule has 3 aromatic rings. The van der Waals surface area contributed by atoms with Crippen molar-refractivity contribution < 1.29 is 13.9 Å². The van der Waals surface area contributed by atoms with Crippen LogP contribution in [0.3, 0.4) is 0 Å². The Kier molecular flexibility index (Phi) is 3.42. The summed E-state index contributed by atoms with van der Waals surface area (Å²) in [7, 11) is 1.51. The molecule has 2 heterocycles. The van der Waals surface area contributed by atoms with Crippen LogP contribution in [-0.2, 0) is 0 Å². The predicted molar refractivity (Wildman–Crippen MR) is 78.9 cm³/mol. The third-order valence-corrected chi connectivity index (χ3v) is 3.38. The number of ether oxygens (including phenoxy) is 1. The van der Waals surface area contributed by atoms with E-state index in [0.29, 0.717) is 16.7 Å². The van der Waals surface area contributed by atoms with Gasteiger partial charge in [-0.05, 0) is 29.8 Å². The van der Waals surface area contributed by atoms with Gasteiger partial charge in [-0.15, -0.1) is 0 Å². The predicted octanol–water partition coefficient (Wildman–Crippen LogP) is 2.32. The molecular formula is C14H10ClFN4O2. The first kappa shape index (κ1) is 14.3. The first-order valence-electron chi connectivity index (χ1n) is 6.18. The monoisotopic (exact) mass is 320 g/mol. The summed E-state index contributed by atoms with van der Waals surface area (Å²) in [5.41, 5.74) is 6.15. The van der Waals surface area contributed by atoms with Crippen molar-refractivity contribution in [2.24, 2.45) is 5.73 Å². The molecule has 1 amide bonds. The number of nitrogens with two attached hydrogens (primary N) is 1. The molecule has 3 rings (SSSR count). The summed E-state index contributed by atoms with van der Waals surface area (Å²) in [5, 5.41) is 0.424. The van der Waals surface area contributed by atoms with Crippen molar-refractivity contribution in [2.45, 2.75) is 0 Å². The van der Waals surface area contributed by atoms with E-state index in [1.165, 1.54) is 17.9 Å². The molecule has 6 nitrogen and oxygen atoms in total. The Hall–Kier alpha value is -2.67. The summed E-state index contributed by atoms with van der Waals surface area (Å²) in [5.74, 6) is -0.831. The fraction of sp³-hybridized carbons (Fsp3) is 0.0714. The van der Waals surface area contributed by atoms with E-state index in [1.807, 2.05) is 0 Å². The molecule has 0 saturated carbocycles. The largest absolute Gasteiger partial charge is 0.497 e. The molecule has 0 fully saturated rings. The number of primary amides is 1. The van der Waals surface area contributed by atoms with Crippen LogP contribution in [0.4, 0.5) is 4.39 Å². The van der Waals surface area contributed by atoms with Crippen LogP contribution in [-0.4, -0.2) is 27.6 Å². The van der Waals surface area contributed by atoms with Crippen molar-refractivity contribution in [1.82, 2.24) is 14.5 Å². The van der Waals surface area contributed by atoms with E-state index in [1.54, 1.807) is 18.2 Å². The Morgan fingerprint density at radius 1 is 1.45 bits per heavy atom. The van der Waals surface area contributed by atoms with Gasteiger partial charge in [0, 0.05) is 11.6 Å². The minimum Gasteiger partial charge on any atom is -0.497 e. The van der Waals surface area contributed by atoms with Crippen molar-refractivity contribution in [3.05, 3.63) is 47.3 Å². The average molecular weight is 321 g/mol. The molecule has 0 radical (unpaired) electrons. The number of carbonyl (C=O) groups is 1. The fourth-order valence-electron chi connectivity index (χ4n) is 2.21. The third kappa shape index (κ3) is 2.25. The van der Waals surface area contributed by atoms with Crippen molar-refractivity contribution in [3.63, 3.8) is 0 Å². The molecular weight excluding hydrogens is 311 g/mol. The summed E-state index contributed by atoms with van der Waals surface area (Å²) in [4.78, 5) is 19.1. The van der Waals surface area contributed by atoms with Crippen LogP contribution in [0.2, 0.25) is 5.28 Å². The van der Waals surface area contributed by atoms with E-state index in [-0.39, 0.29) is 16.7 Å². The van der Waals surface area contributed by atoms with Gasteiger partial charge in [-0.1, -0.05) is 0 Å².